The van der Waals surface area contributed by atoms with Crippen molar-refractivity contribution in [2.75, 3.05) is 0 Å². The first-order chi connectivity index (χ1) is 10.1. The van der Waals surface area contributed by atoms with Crippen molar-refractivity contribution in [1.82, 2.24) is 0 Å². The van der Waals surface area contributed by atoms with Crippen LogP contribution >= 0.6 is 11.6 Å². The maximum Gasteiger partial charge on any atom is 0.192 e. The monoisotopic (exact) mass is 340 g/mol. The van der Waals surface area contributed by atoms with Gasteiger partial charge in [0.15, 0.2) is 8.32 Å². The Hall–Kier alpha value is -0.353. The molecule has 0 aromatic heterocycles. The largest absolute Gasteiger partial charge is 0.414 e. The highest BCUT2D eigenvalue weighted by molar-refractivity contribution is 6.74. The summed E-state index contributed by atoms with van der Waals surface area (Å²) in [5.41, 5.74) is 2.25. The van der Waals surface area contributed by atoms with Gasteiger partial charge in [0.05, 0.1) is 12.7 Å². The first kappa shape index (κ1) is 18.0. The average Bonchev–Trinajstić information content (AvgIpc) is 2.34. The molecule has 0 spiro atoms. The zero-order valence-corrected chi connectivity index (χ0v) is 16.5. The predicted octanol–water partition coefficient (Wildman–Crippen LogP) is 5.72. The third-order valence-electron chi connectivity index (χ3n) is 5.04. The standard InChI is InChI=1S/C18H29ClO2Si/c1-13-7-8-14(9-17(13)19)12-20-15-10-16(11-15)21-22(5,6)18(2,3)4/h7-9,15-16H,10-12H2,1-6H3/t15-,16+. The van der Waals surface area contributed by atoms with Gasteiger partial charge in [-0.3, -0.25) is 0 Å². The third-order valence-corrected chi connectivity index (χ3v) is 9.98. The summed E-state index contributed by atoms with van der Waals surface area (Å²) in [5, 5.41) is 1.09. The molecule has 0 N–H and O–H groups in total. The molecule has 1 aromatic rings. The highest BCUT2D eigenvalue weighted by atomic mass is 35.5. The first-order valence-corrected chi connectivity index (χ1v) is 11.4. The summed E-state index contributed by atoms with van der Waals surface area (Å²) >= 11 is 6.14. The zero-order valence-electron chi connectivity index (χ0n) is 14.7. The minimum atomic E-state index is -1.64. The number of hydrogen-bond donors (Lipinski definition) is 0. The van der Waals surface area contributed by atoms with Crippen LogP contribution in [0.3, 0.4) is 0 Å². The molecule has 2 nitrogen and oxygen atoms in total. The lowest BCUT2D eigenvalue weighted by molar-refractivity contribution is -0.0726. The second-order valence-electron chi connectivity index (χ2n) is 7.99. The lowest BCUT2D eigenvalue weighted by atomic mass is 9.92. The van der Waals surface area contributed by atoms with E-state index in [4.69, 9.17) is 20.8 Å². The maximum atomic E-state index is 6.39. The molecule has 4 heteroatoms. The van der Waals surface area contributed by atoms with Crippen LogP contribution in [0.15, 0.2) is 18.2 Å². The van der Waals surface area contributed by atoms with Crippen molar-refractivity contribution in [3.05, 3.63) is 34.3 Å². The van der Waals surface area contributed by atoms with Crippen molar-refractivity contribution in [3.63, 3.8) is 0 Å². The van der Waals surface area contributed by atoms with Gasteiger partial charge in [-0.15, -0.1) is 0 Å². The molecule has 1 saturated carbocycles. The van der Waals surface area contributed by atoms with E-state index in [1.165, 1.54) is 0 Å². The fourth-order valence-corrected chi connectivity index (χ4v) is 3.87. The normalized spacial score (nSPS) is 22.5. The van der Waals surface area contributed by atoms with Crippen molar-refractivity contribution in [2.45, 2.75) is 77.5 Å². The number of ether oxygens (including phenoxy) is 1. The molecule has 0 aliphatic heterocycles. The Kier molecular flexibility index (Phi) is 5.43. The molecule has 22 heavy (non-hydrogen) atoms. The molecule has 0 unspecified atom stereocenters. The van der Waals surface area contributed by atoms with Gasteiger partial charge in [0.1, 0.15) is 0 Å². The average molecular weight is 341 g/mol. The summed E-state index contributed by atoms with van der Waals surface area (Å²) in [4.78, 5) is 0. The molecule has 1 aliphatic carbocycles. The van der Waals surface area contributed by atoms with Crippen LogP contribution in [0.4, 0.5) is 0 Å². The Labute approximate surface area is 141 Å². The Morgan fingerprint density at radius 1 is 1.18 bits per heavy atom. The van der Waals surface area contributed by atoms with Crippen LogP contribution in [0, 0.1) is 6.92 Å². The molecule has 0 radical (unpaired) electrons. The number of benzene rings is 1. The van der Waals surface area contributed by atoms with Crippen LogP contribution in [0.2, 0.25) is 23.2 Å². The van der Waals surface area contributed by atoms with Gasteiger partial charge in [0.25, 0.3) is 0 Å². The van der Waals surface area contributed by atoms with E-state index in [9.17, 15) is 0 Å². The Bertz CT molecular complexity index is 516. The van der Waals surface area contributed by atoms with E-state index in [0.29, 0.717) is 18.8 Å². The molecule has 1 aromatic carbocycles. The molecule has 0 amide bonds. The second kappa shape index (κ2) is 6.64. The zero-order chi connectivity index (χ0) is 16.5. The molecule has 0 saturated heterocycles. The van der Waals surface area contributed by atoms with Crippen molar-refractivity contribution in [3.8, 4) is 0 Å². The van der Waals surface area contributed by atoms with E-state index in [1.807, 2.05) is 19.1 Å². The van der Waals surface area contributed by atoms with Crippen LogP contribution in [-0.4, -0.2) is 20.5 Å². The van der Waals surface area contributed by atoms with E-state index >= 15 is 0 Å². The summed E-state index contributed by atoms with van der Waals surface area (Å²) in [6.07, 6.45) is 2.75. The lowest BCUT2D eigenvalue weighted by Gasteiger charge is -2.44. The van der Waals surface area contributed by atoms with E-state index in [0.717, 1.165) is 29.0 Å². The number of aryl methyl sites for hydroxylation is 1. The number of halogens is 1. The lowest BCUT2D eigenvalue weighted by Crippen LogP contribution is -2.49. The van der Waals surface area contributed by atoms with Gasteiger partial charge >= 0.3 is 0 Å². The smallest absolute Gasteiger partial charge is 0.192 e. The first-order valence-electron chi connectivity index (χ1n) is 8.13. The number of rotatable bonds is 5. The van der Waals surface area contributed by atoms with Crippen LogP contribution in [0.1, 0.15) is 44.7 Å². The fraction of sp³-hybridized carbons (Fsp3) is 0.667. The highest BCUT2D eigenvalue weighted by Crippen LogP contribution is 2.40. The molecule has 0 atom stereocenters. The summed E-state index contributed by atoms with van der Waals surface area (Å²) in [6.45, 7) is 14.1. The van der Waals surface area contributed by atoms with Crippen LogP contribution < -0.4 is 0 Å². The summed E-state index contributed by atoms with van der Waals surface area (Å²) < 4.78 is 12.4. The van der Waals surface area contributed by atoms with Crippen molar-refractivity contribution < 1.29 is 9.16 Å². The Morgan fingerprint density at radius 3 is 2.36 bits per heavy atom. The van der Waals surface area contributed by atoms with Gasteiger partial charge in [-0.2, -0.15) is 0 Å². The quantitative estimate of drug-likeness (QED) is 0.638. The van der Waals surface area contributed by atoms with Gasteiger partial charge in [0, 0.05) is 11.1 Å². The molecule has 2 rings (SSSR count). The SMILES string of the molecule is Cc1ccc(CO[C@H]2C[C@@H](O[Si](C)(C)C(C)(C)C)C2)cc1Cl. The van der Waals surface area contributed by atoms with Crippen molar-refractivity contribution in [2.24, 2.45) is 0 Å². The van der Waals surface area contributed by atoms with Crippen molar-refractivity contribution >= 4 is 19.9 Å². The van der Waals surface area contributed by atoms with Crippen LogP contribution in [0.5, 0.6) is 0 Å². The van der Waals surface area contributed by atoms with Gasteiger partial charge < -0.3 is 9.16 Å². The van der Waals surface area contributed by atoms with Gasteiger partial charge in [-0.05, 0) is 55.1 Å². The van der Waals surface area contributed by atoms with E-state index in [-0.39, 0.29) is 5.04 Å². The fourth-order valence-electron chi connectivity index (χ4n) is 2.28. The molecule has 1 fully saturated rings. The van der Waals surface area contributed by atoms with E-state index in [2.05, 4.69) is 39.9 Å². The van der Waals surface area contributed by atoms with Gasteiger partial charge in [-0.1, -0.05) is 44.5 Å². The summed E-state index contributed by atoms with van der Waals surface area (Å²) in [5.74, 6) is 0. The third kappa shape index (κ3) is 4.35. The van der Waals surface area contributed by atoms with Crippen molar-refractivity contribution in [1.29, 1.82) is 0 Å². The molecule has 124 valence electrons. The molecule has 0 heterocycles. The molecular formula is C18H29ClO2Si. The van der Waals surface area contributed by atoms with E-state index < -0.39 is 8.32 Å². The molecule has 0 bridgehead atoms. The second-order valence-corrected chi connectivity index (χ2v) is 13.2. The Morgan fingerprint density at radius 2 is 1.82 bits per heavy atom. The minimum Gasteiger partial charge on any atom is -0.414 e. The topological polar surface area (TPSA) is 18.5 Å². The highest BCUT2D eigenvalue weighted by Gasteiger charge is 2.42. The van der Waals surface area contributed by atoms with Gasteiger partial charge in [-0.25, -0.2) is 0 Å². The minimum absolute atomic E-state index is 0.275. The molecule has 1 aliphatic rings. The van der Waals surface area contributed by atoms with E-state index in [1.54, 1.807) is 0 Å². The summed E-state index contributed by atoms with van der Waals surface area (Å²) in [6, 6.07) is 6.13. The maximum absolute atomic E-state index is 6.39. The predicted molar refractivity (Wildman–Crippen MR) is 96.1 cm³/mol. The van der Waals surface area contributed by atoms with Crippen LogP contribution in [-0.2, 0) is 15.8 Å². The number of hydrogen-bond acceptors (Lipinski definition) is 2. The van der Waals surface area contributed by atoms with Gasteiger partial charge in [0.2, 0.25) is 0 Å². The van der Waals surface area contributed by atoms with Crippen LogP contribution in [0.25, 0.3) is 0 Å². The molecular weight excluding hydrogens is 312 g/mol. The Balaban J connectivity index is 1.75. The summed E-state index contributed by atoms with van der Waals surface area (Å²) in [7, 11) is -1.64.